The van der Waals surface area contributed by atoms with E-state index in [9.17, 15) is 14.4 Å². The molecule has 8 heteroatoms. The van der Waals surface area contributed by atoms with Gasteiger partial charge in [0.1, 0.15) is 34.9 Å². The molecule has 1 fully saturated rings. The summed E-state index contributed by atoms with van der Waals surface area (Å²) in [5, 5.41) is 5.95. The first kappa shape index (κ1) is 21.4. The third-order valence-corrected chi connectivity index (χ3v) is 5.98. The molecule has 0 radical (unpaired) electrons. The number of hydrogen-bond acceptors (Lipinski definition) is 7. The first-order valence-corrected chi connectivity index (χ1v) is 10.7. The van der Waals surface area contributed by atoms with E-state index in [1.165, 1.54) is 19.2 Å². The quantitative estimate of drug-likeness (QED) is 0.419. The summed E-state index contributed by atoms with van der Waals surface area (Å²) in [7, 11) is 2.98. The number of carbonyl (C=O) groups excluding carboxylic acids is 3. The molecule has 0 aromatic heterocycles. The van der Waals surface area contributed by atoms with Crippen molar-refractivity contribution in [3.05, 3.63) is 84.4 Å². The minimum Gasteiger partial charge on any atom is -0.495 e. The molecule has 1 saturated heterocycles. The second-order valence-electron chi connectivity index (χ2n) is 7.80. The van der Waals surface area contributed by atoms with Crippen molar-refractivity contribution in [1.29, 1.82) is 0 Å². The van der Waals surface area contributed by atoms with Crippen LogP contribution in [0, 0.1) is 5.92 Å². The smallest absolute Gasteiger partial charge is 0.260 e. The minimum absolute atomic E-state index is 0.0119. The summed E-state index contributed by atoms with van der Waals surface area (Å²) < 4.78 is 10.9. The number of ether oxygens (including phenoxy) is 2. The molecule has 2 aliphatic heterocycles. The fourth-order valence-corrected chi connectivity index (χ4v) is 4.41. The standard InChI is InChI=1S/C26H21N3O5/c1-33-19-14-8-6-12-17(19)28-25(31)21-22(24(30)16-10-4-3-5-11-16)27-29(23(21)26(28)32)18-13-7-9-15-20(18)34-2/h3-15,21,23H,1-2H3/t21-,23+/m1/s1. The molecule has 2 amide bonds. The maximum Gasteiger partial charge on any atom is 0.260 e. The summed E-state index contributed by atoms with van der Waals surface area (Å²) in [4.78, 5) is 42.0. The third kappa shape index (κ3) is 3.23. The highest BCUT2D eigenvalue weighted by molar-refractivity contribution is 6.53. The van der Waals surface area contributed by atoms with Gasteiger partial charge in [0, 0.05) is 5.56 Å². The van der Waals surface area contributed by atoms with Crippen LogP contribution in [-0.4, -0.2) is 43.6 Å². The number of amides is 2. The number of carbonyl (C=O) groups is 3. The van der Waals surface area contributed by atoms with Crippen LogP contribution in [0.5, 0.6) is 11.5 Å². The van der Waals surface area contributed by atoms with Gasteiger partial charge in [-0.1, -0.05) is 54.6 Å². The second-order valence-corrected chi connectivity index (χ2v) is 7.80. The Morgan fingerprint density at radius 2 is 1.32 bits per heavy atom. The molecule has 2 heterocycles. The zero-order chi connectivity index (χ0) is 23.8. The third-order valence-electron chi connectivity index (χ3n) is 5.98. The highest BCUT2D eigenvalue weighted by Gasteiger charge is 2.59. The van der Waals surface area contributed by atoms with E-state index in [0.29, 0.717) is 28.4 Å². The molecule has 3 aromatic carbocycles. The number of para-hydroxylation sites is 4. The van der Waals surface area contributed by atoms with Gasteiger partial charge in [-0.2, -0.15) is 5.10 Å². The topological polar surface area (TPSA) is 88.5 Å². The maximum absolute atomic E-state index is 13.7. The first-order chi connectivity index (χ1) is 16.6. The Labute approximate surface area is 196 Å². The van der Waals surface area contributed by atoms with E-state index in [1.54, 1.807) is 78.9 Å². The van der Waals surface area contributed by atoms with Crippen molar-refractivity contribution in [2.75, 3.05) is 24.1 Å². The Kier molecular flexibility index (Phi) is 5.33. The Balaban J connectivity index is 1.66. The highest BCUT2D eigenvalue weighted by atomic mass is 16.5. The van der Waals surface area contributed by atoms with E-state index in [0.717, 1.165) is 4.90 Å². The molecule has 0 unspecified atom stereocenters. The van der Waals surface area contributed by atoms with Gasteiger partial charge in [-0.3, -0.25) is 14.4 Å². The molecule has 0 aliphatic carbocycles. The number of anilines is 2. The fraction of sp³-hybridized carbons (Fsp3) is 0.154. The maximum atomic E-state index is 13.7. The Hall–Kier alpha value is -4.46. The average Bonchev–Trinajstić information content (AvgIpc) is 3.40. The molecule has 0 saturated carbocycles. The van der Waals surface area contributed by atoms with Gasteiger partial charge in [-0.25, -0.2) is 9.91 Å². The van der Waals surface area contributed by atoms with E-state index in [2.05, 4.69) is 5.10 Å². The Morgan fingerprint density at radius 1 is 0.765 bits per heavy atom. The van der Waals surface area contributed by atoms with Crippen LogP contribution in [0.15, 0.2) is 84.0 Å². The van der Waals surface area contributed by atoms with Crippen LogP contribution in [0.25, 0.3) is 0 Å². The molecule has 0 N–H and O–H groups in total. The predicted octanol–water partition coefficient (Wildman–Crippen LogP) is 3.32. The van der Waals surface area contributed by atoms with Crippen molar-refractivity contribution in [2.24, 2.45) is 11.0 Å². The largest absolute Gasteiger partial charge is 0.495 e. The van der Waals surface area contributed by atoms with Crippen LogP contribution < -0.4 is 19.4 Å². The summed E-state index contributed by atoms with van der Waals surface area (Å²) >= 11 is 0. The van der Waals surface area contributed by atoms with Crippen molar-refractivity contribution in [1.82, 2.24) is 0 Å². The molecule has 34 heavy (non-hydrogen) atoms. The molecular formula is C26H21N3O5. The van der Waals surface area contributed by atoms with Gasteiger partial charge < -0.3 is 9.47 Å². The van der Waals surface area contributed by atoms with E-state index >= 15 is 0 Å². The first-order valence-electron chi connectivity index (χ1n) is 10.7. The van der Waals surface area contributed by atoms with Crippen LogP contribution in [0.2, 0.25) is 0 Å². The number of imide groups is 1. The van der Waals surface area contributed by atoms with Crippen molar-refractivity contribution >= 4 is 34.7 Å². The summed E-state index contributed by atoms with van der Waals surface area (Å²) in [6, 6.07) is 21.4. The number of ketones is 1. The number of hydrogen-bond donors (Lipinski definition) is 0. The molecule has 170 valence electrons. The van der Waals surface area contributed by atoms with Crippen molar-refractivity contribution in [3.63, 3.8) is 0 Å². The van der Waals surface area contributed by atoms with Gasteiger partial charge in [0.25, 0.3) is 5.91 Å². The minimum atomic E-state index is -1.07. The lowest BCUT2D eigenvalue weighted by molar-refractivity contribution is -0.121. The lowest BCUT2D eigenvalue weighted by atomic mass is 9.92. The zero-order valence-electron chi connectivity index (χ0n) is 18.5. The van der Waals surface area contributed by atoms with E-state index in [1.807, 2.05) is 0 Å². The van der Waals surface area contributed by atoms with E-state index in [-0.39, 0.29) is 5.71 Å². The Bertz CT molecular complexity index is 1320. The number of fused-ring (bicyclic) bond motifs is 1. The van der Waals surface area contributed by atoms with Crippen LogP contribution in [-0.2, 0) is 9.59 Å². The fourth-order valence-electron chi connectivity index (χ4n) is 4.41. The lowest BCUT2D eigenvalue weighted by Crippen LogP contribution is -2.39. The van der Waals surface area contributed by atoms with Gasteiger partial charge in [0.2, 0.25) is 11.7 Å². The number of nitrogens with zero attached hydrogens (tertiary/aromatic N) is 3. The normalized spacial score (nSPS) is 19.2. The number of rotatable bonds is 6. The van der Waals surface area contributed by atoms with E-state index in [4.69, 9.17) is 9.47 Å². The van der Waals surface area contributed by atoms with E-state index < -0.39 is 29.6 Å². The zero-order valence-corrected chi connectivity index (χ0v) is 18.5. The molecule has 2 atom stereocenters. The van der Waals surface area contributed by atoms with Crippen LogP contribution in [0.3, 0.4) is 0 Å². The molecule has 5 rings (SSSR count). The van der Waals surface area contributed by atoms with Crippen LogP contribution in [0.4, 0.5) is 11.4 Å². The predicted molar refractivity (Wildman–Crippen MR) is 126 cm³/mol. The summed E-state index contributed by atoms with van der Waals surface area (Å²) in [6.45, 7) is 0. The monoisotopic (exact) mass is 455 g/mol. The lowest BCUT2D eigenvalue weighted by Gasteiger charge is -2.24. The molecule has 0 bridgehead atoms. The summed E-state index contributed by atoms with van der Waals surface area (Å²) in [5.41, 5.74) is 1.20. The number of Topliss-reactive ketones (excluding diaryl/α,β-unsaturated/α-hetero) is 1. The molecule has 2 aliphatic rings. The van der Waals surface area contributed by atoms with Gasteiger partial charge in [-0.15, -0.1) is 0 Å². The summed E-state index contributed by atoms with van der Waals surface area (Å²) in [6.07, 6.45) is 0. The van der Waals surface area contributed by atoms with Crippen molar-refractivity contribution in [3.8, 4) is 11.5 Å². The summed E-state index contributed by atoms with van der Waals surface area (Å²) in [5.74, 6) is -1.66. The van der Waals surface area contributed by atoms with Gasteiger partial charge in [0.05, 0.1) is 19.9 Å². The van der Waals surface area contributed by atoms with Gasteiger partial charge in [-0.05, 0) is 24.3 Å². The Morgan fingerprint density at radius 3 is 1.97 bits per heavy atom. The van der Waals surface area contributed by atoms with Crippen LogP contribution >= 0.6 is 0 Å². The van der Waals surface area contributed by atoms with Crippen molar-refractivity contribution < 1.29 is 23.9 Å². The number of methoxy groups -OCH3 is 2. The highest BCUT2D eigenvalue weighted by Crippen LogP contribution is 2.43. The molecule has 3 aromatic rings. The van der Waals surface area contributed by atoms with Gasteiger partial charge >= 0.3 is 0 Å². The second kappa shape index (κ2) is 8.47. The average molecular weight is 455 g/mol. The van der Waals surface area contributed by atoms with Crippen molar-refractivity contribution in [2.45, 2.75) is 6.04 Å². The van der Waals surface area contributed by atoms with Gasteiger partial charge in [0.15, 0.2) is 0 Å². The van der Waals surface area contributed by atoms with Crippen LogP contribution in [0.1, 0.15) is 10.4 Å². The molecular weight excluding hydrogens is 434 g/mol. The number of benzene rings is 3. The number of hydrazone groups is 1. The molecule has 8 nitrogen and oxygen atoms in total. The SMILES string of the molecule is COc1ccccc1N1C(=O)[C@@H]2C(C(=O)c3ccccc3)=NN(c3ccccc3OC)[C@@H]2C1=O. The molecule has 0 spiro atoms.